The number of aliphatic hydroxyl groups excluding tert-OH is 1. The predicted molar refractivity (Wildman–Crippen MR) is 191 cm³/mol. The summed E-state index contributed by atoms with van der Waals surface area (Å²) in [5, 5.41) is 9.82. The lowest BCUT2D eigenvalue weighted by Crippen LogP contribution is -2.54. The van der Waals surface area contributed by atoms with Crippen LogP contribution >= 0.6 is 0 Å². The van der Waals surface area contributed by atoms with E-state index >= 15 is 0 Å². The van der Waals surface area contributed by atoms with Crippen LogP contribution in [0.1, 0.15) is 43.4 Å². The van der Waals surface area contributed by atoms with Gasteiger partial charge in [0.15, 0.2) is 20.1 Å². The fraction of sp³-hybridized carbons (Fsp3) is 0.421. The number of esters is 1. The smallest absolute Gasteiger partial charge is 0.304 e. The first kappa shape index (κ1) is 36.2. The first-order valence-corrected chi connectivity index (χ1v) is 20.2. The Morgan fingerprint density at radius 1 is 1.04 bits per heavy atom. The summed E-state index contributed by atoms with van der Waals surface area (Å²) in [6, 6.07) is 22.1. The molecule has 2 fully saturated rings. The first-order chi connectivity index (χ1) is 24.3. The Kier molecular flexibility index (Phi) is 10.1. The molecule has 51 heavy (non-hydrogen) atoms. The van der Waals surface area contributed by atoms with Gasteiger partial charge in [0.05, 0.1) is 44.9 Å². The maximum atomic E-state index is 14.9. The molecule has 1 unspecified atom stereocenters. The van der Waals surface area contributed by atoms with E-state index in [4.69, 9.17) is 14.2 Å². The lowest BCUT2D eigenvalue weighted by atomic mass is 9.82. The zero-order valence-electron chi connectivity index (χ0n) is 29.6. The summed E-state index contributed by atoms with van der Waals surface area (Å²) in [5.74, 6) is -1.12. The average Bonchev–Trinajstić information content (AvgIpc) is 3.51. The van der Waals surface area contributed by atoms with Crippen LogP contribution in [0.2, 0.25) is 18.6 Å². The molecule has 3 amide bonds. The van der Waals surface area contributed by atoms with Crippen LogP contribution < -0.4 is 14.5 Å². The van der Waals surface area contributed by atoms with Crippen LogP contribution in [-0.2, 0) is 47.3 Å². The lowest BCUT2D eigenvalue weighted by Gasteiger charge is -2.39. The van der Waals surface area contributed by atoms with Crippen LogP contribution in [-0.4, -0.2) is 79.4 Å². The number of methoxy groups -OCH3 is 1. The van der Waals surface area contributed by atoms with Crippen LogP contribution in [0.5, 0.6) is 5.75 Å². The second kappa shape index (κ2) is 14.2. The molecule has 3 heterocycles. The Morgan fingerprint density at radius 3 is 2.35 bits per heavy atom. The average molecular weight is 716 g/mol. The minimum atomic E-state index is -3.05. The maximum absolute atomic E-state index is 14.9. The van der Waals surface area contributed by atoms with Crippen molar-refractivity contribution >= 4 is 43.4 Å². The van der Waals surface area contributed by atoms with Gasteiger partial charge in [-0.25, -0.2) is 0 Å². The molecule has 0 saturated carbocycles. The second-order valence-corrected chi connectivity index (χ2v) is 18.0. The van der Waals surface area contributed by atoms with Crippen molar-refractivity contribution in [1.82, 2.24) is 4.90 Å². The van der Waals surface area contributed by atoms with E-state index in [2.05, 4.69) is 0 Å². The van der Waals surface area contributed by atoms with Crippen molar-refractivity contribution in [2.75, 3.05) is 30.1 Å². The van der Waals surface area contributed by atoms with Crippen molar-refractivity contribution in [3.63, 3.8) is 0 Å². The molecule has 0 bridgehead atoms. The normalized spacial score (nSPS) is 24.1. The molecule has 0 aromatic heterocycles. The summed E-state index contributed by atoms with van der Waals surface area (Å²) in [6.45, 7) is 7.25. The number of nitrogens with zero attached hydrogens (tertiary/aromatic N) is 3. The number of amides is 3. The van der Waals surface area contributed by atoms with Crippen molar-refractivity contribution in [1.29, 1.82) is 0 Å². The highest BCUT2D eigenvalue weighted by Crippen LogP contribution is 2.60. The third kappa shape index (κ3) is 6.78. The zero-order chi connectivity index (χ0) is 36.7. The largest absolute Gasteiger partial charge is 0.497 e. The fourth-order valence-corrected chi connectivity index (χ4v) is 10.5. The Morgan fingerprint density at radius 2 is 1.75 bits per heavy atom. The predicted octanol–water partition coefficient (Wildman–Crippen LogP) is 4.08. The summed E-state index contributed by atoms with van der Waals surface area (Å²) < 4.78 is 17.7. The van der Waals surface area contributed by atoms with E-state index in [0.29, 0.717) is 29.2 Å². The molecule has 2 N–H and O–H groups in total. The molecule has 5 atom stereocenters. The molecule has 13 heteroatoms. The minimum Gasteiger partial charge on any atom is -0.497 e. The number of benzene rings is 3. The van der Waals surface area contributed by atoms with Gasteiger partial charge >= 0.3 is 5.97 Å². The van der Waals surface area contributed by atoms with Crippen LogP contribution in [0.15, 0.2) is 72.8 Å². The Bertz CT molecular complexity index is 1800. The SMILES string of the molecule is COc1ccc2c(c1)[C@@]1(O[C@H](CC(=O)N(CCO)Cc3ccccc3)[C@@H]([Si](C)(C)O)[C@@H]1C)C(=O)N2Cc1ccc(N2C(=O)CC2OC(C)=O)cc1. The van der Waals surface area contributed by atoms with E-state index in [1.807, 2.05) is 68.5 Å². The van der Waals surface area contributed by atoms with E-state index in [9.17, 15) is 29.1 Å². The van der Waals surface area contributed by atoms with Crippen molar-refractivity contribution in [2.45, 2.75) is 76.3 Å². The molecule has 2 saturated heterocycles. The van der Waals surface area contributed by atoms with Gasteiger partial charge in [0.2, 0.25) is 11.8 Å². The van der Waals surface area contributed by atoms with Gasteiger partial charge in [0.1, 0.15) is 5.75 Å². The first-order valence-electron chi connectivity index (χ1n) is 17.2. The second-order valence-electron chi connectivity index (χ2n) is 14.1. The fourth-order valence-electron chi connectivity index (χ4n) is 7.99. The highest BCUT2D eigenvalue weighted by Gasteiger charge is 2.66. The molecule has 1 spiro atoms. The van der Waals surface area contributed by atoms with Gasteiger partial charge in [-0.15, -0.1) is 0 Å². The highest BCUT2D eigenvalue weighted by molar-refractivity contribution is 6.71. The van der Waals surface area contributed by atoms with Gasteiger partial charge in [-0.3, -0.25) is 24.1 Å². The zero-order valence-corrected chi connectivity index (χ0v) is 30.6. The number of hydrogen-bond acceptors (Lipinski definition) is 9. The third-order valence-electron chi connectivity index (χ3n) is 10.3. The van der Waals surface area contributed by atoms with Crippen molar-refractivity contribution in [3.05, 3.63) is 89.5 Å². The molecule has 3 aliphatic rings. The number of ether oxygens (including phenoxy) is 3. The molecular formula is C38H45N3O9Si. The summed E-state index contributed by atoms with van der Waals surface area (Å²) in [7, 11) is -1.50. The third-order valence-corrected chi connectivity index (χ3v) is 12.8. The minimum absolute atomic E-state index is 0.0712. The number of aliphatic hydroxyl groups is 1. The van der Waals surface area contributed by atoms with Gasteiger partial charge in [-0.05, 0) is 54.6 Å². The van der Waals surface area contributed by atoms with Crippen molar-refractivity contribution in [2.24, 2.45) is 5.92 Å². The molecule has 3 aliphatic heterocycles. The summed E-state index contributed by atoms with van der Waals surface area (Å²) >= 11 is 0. The molecule has 0 radical (unpaired) electrons. The number of carbonyl (C=O) groups is 4. The number of β-lactam (4-membered cyclic amide) rings is 1. The molecule has 6 rings (SSSR count). The van der Waals surface area contributed by atoms with Gasteiger partial charge in [0.25, 0.3) is 5.91 Å². The van der Waals surface area contributed by atoms with E-state index in [0.717, 1.165) is 11.1 Å². The van der Waals surface area contributed by atoms with Crippen molar-refractivity contribution < 1.29 is 43.3 Å². The number of rotatable bonds is 12. The van der Waals surface area contributed by atoms with Crippen molar-refractivity contribution in [3.8, 4) is 5.75 Å². The molecule has 0 aliphatic carbocycles. The van der Waals surface area contributed by atoms with Crippen LogP contribution in [0, 0.1) is 5.92 Å². The van der Waals surface area contributed by atoms with Gasteiger partial charge in [0, 0.05) is 42.7 Å². The summed E-state index contributed by atoms with van der Waals surface area (Å²) in [6.07, 6.45) is -1.36. The Labute approximate surface area is 298 Å². The lowest BCUT2D eigenvalue weighted by molar-refractivity contribution is -0.154. The van der Waals surface area contributed by atoms with E-state index in [1.165, 1.54) is 11.8 Å². The Balaban J connectivity index is 1.30. The van der Waals surface area contributed by atoms with Gasteiger partial charge in [-0.2, -0.15) is 0 Å². The molecule has 270 valence electrons. The molecule has 3 aromatic rings. The van der Waals surface area contributed by atoms with Crippen LogP contribution in [0.25, 0.3) is 0 Å². The number of carbonyl (C=O) groups excluding carboxylic acids is 4. The Hall–Kier alpha value is -4.56. The number of anilines is 2. The summed E-state index contributed by atoms with van der Waals surface area (Å²) in [5.41, 5.74) is 1.57. The van der Waals surface area contributed by atoms with Gasteiger partial charge < -0.3 is 33.9 Å². The highest BCUT2D eigenvalue weighted by atomic mass is 28.4. The van der Waals surface area contributed by atoms with Gasteiger partial charge in [-0.1, -0.05) is 49.4 Å². The number of fused-ring (bicyclic) bond motifs is 2. The monoisotopic (exact) mass is 715 g/mol. The van der Waals surface area contributed by atoms with E-state index in [-0.39, 0.29) is 50.3 Å². The van der Waals surface area contributed by atoms with Crippen LogP contribution in [0.3, 0.4) is 0 Å². The maximum Gasteiger partial charge on any atom is 0.304 e. The topological polar surface area (TPSA) is 146 Å². The number of hydrogen-bond donors (Lipinski definition) is 2. The quantitative estimate of drug-likeness (QED) is 0.161. The van der Waals surface area contributed by atoms with E-state index in [1.54, 1.807) is 41.2 Å². The van der Waals surface area contributed by atoms with E-state index < -0.39 is 43.7 Å². The van der Waals surface area contributed by atoms with Crippen LogP contribution in [0.4, 0.5) is 11.4 Å². The molecular weight excluding hydrogens is 671 g/mol. The molecule has 3 aromatic carbocycles. The standard InChI is InChI=1S/C38H45N3O9Si/c1-24-36(51(4,5)47)32(20-33(44)39(17-18-42)22-26-9-7-6-8-10-26)50-38(24)30-19-29(48-3)15-16-31(30)40(37(38)46)23-27-11-13-28(14-12-27)41-34(45)21-35(41)49-25(2)43/h6-16,19,24,32,35-36,42,47H,17-18,20-23H2,1-5H3/t24-,32+,35?,36-,38+/m0/s1. The summed E-state index contributed by atoms with van der Waals surface area (Å²) in [4.78, 5) is 69.0. The molecule has 12 nitrogen and oxygen atoms in total.